The zero-order valence-electron chi connectivity index (χ0n) is 9.67. The lowest BCUT2D eigenvalue weighted by Crippen LogP contribution is -2.35. The summed E-state index contributed by atoms with van der Waals surface area (Å²) in [6.45, 7) is 1.44. The van der Waals surface area contributed by atoms with Crippen LogP contribution in [-0.2, 0) is 4.79 Å². The van der Waals surface area contributed by atoms with E-state index in [0.717, 1.165) is 19.4 Å². The normalized spacial score (nSPS) is 15.3. The van der Waals surface area contributed by atoms with Crippen molar-refractivity contribution >= 4 is 40.6 Å². The van der Waals surface area contributed by atoms with Crippen LogP contribution in [0.15, 0.2) is 23.2 Å². The minimum atomic E-state index is -0.268. The van der Waals surface area contributed by atoms with Crippen LogP contribution in [0.25, 0.3) is 0 Å². The van der Waals surface area contributed by atoms with Gasteiger partial charge in [-0.05, 0) is 31.0 Å². The van der Waals surface area contributed by atoms with Crippen molar-refractivity contribution in [2.75, 3.05) is 18.4 Å². The predicted octanol–water partition coefficient (Wildman–Crippen LogP) is 2.71. The van der Waals surface area contributed by atoms with E-state index in [1.807, 2.05) is 0 Å². The fraction of sp³-hybridized carbons (Fsp3) is 0.333. The third-order valence-electron chi connectivity index (χ3n) is 2.48. The van der Waals surface area contributed by atoms with Gasteiger partial charge in [0.1, 0.15) is 0 Å². The van der Waals surface area contributed by atoms with Crippen molar-refractivity contribution in [3.63, 3.8) is 0 Å². The number of rotatable bonds is 2. The Kier molecular flexibility index (Phi) is 4.44. The molecule has 0 radical (unpaired) electrons. The van der Waals surface area contributed by atoms with E-state index in [4.69, 9.17) is 23.2 Å². The van der Waals surface area contributed by atoms with Gasteiger partial charge < -0.3 is 10.6 Å². The number of carbonyl (C=O) groups excluding carboxylic acids is 1. The number of nitrogens with one attached hydrogen (secondary N) is 2. The highest BCUT2D eigenvalue weighted by atomic mass is 35.5. The molecule has 96 valence electrons. The van der Waals surface area contributed by atoms with E-state index in [2.05, 4.69) is 15.6 Å². The summed E-state index contributed by atoms with van der Waals surface area (Å²) in [5.74, 6) is 0.0961. The number of nitrogens with zero attached hydrogens (tertiary/aromatic N) is 1. The maximum atomic E-state index is 12.0. The van der Waals surface area contributed by atoms with E-state index in [9.17, 15) is 4.79 Å². The number of hydrogen-bond acceptors (Lipinski definition) is 3. The number of anilines is 1. The lowest BCUT2D eigenvalue weighted by atomic mass is 10.3. The maximum Gasteiger partial charge on any atom is 0.290 e. The van der Waals surface area contributed by atoms with Gasteiger partial charge >= 0.3 is 0 Å². The summed E-state index contributed by atoms with van der Waals surface area (Å²) < 4.78 is 0. The van der Waals surface area contributed by atoms with Crippen molar-refractivity contribution in [1.82, 2.24) is 5.32 Å². The molecular formula is C12H13Cl2N3O. The molecule has 1 aromatic carbocycles. The molecule has 4 nitrogen and oxygen atoms in total. The second-order valence-electron chi connectivity index (χ2n) is 3.98. The molecule has 0 atom stereocenters. The van der Waals surface area contributed by atoms with E-state index in [0.29, 0.717) is 28.1 Å². The third-order valence-corrected chi connectivity index (χ3v) is 2.92. The van der Waals surface area contributed by atoms with Gasteiger partial charge in [0.05, 0.1) is 0 Å². The zero-order valence-corrected chi connectivity index (χ0v) is 11.2. The molecule has 0 aromatic heterocycles. The van der Waals surface area contributed by atoms with Gasteiger partial charge in [-0.2, -0.15) is 0 Å². The highest BCUT2D eigenvalue weighted by Crippen LogP contribution is 2.22. The van der Waals surface area contributed by atoms with Crippen molar-refractivity contribution in [2.45, 2.75) is 12.8 Å². The average Bonchev–Trinajstić information content (AvgIpc) is 2.55. The van der Waals surface area contributed by atoms with Gasteiger partial charge in [0, 0.05) is 28.8 Å². The Hall–Kier alpha value is -1.26. The van der Waals surface area contributed by atoms with Crippen LogP contribution in [0.5, 0.6) is 0 Å². The highest BCUT2D eigenvalue weighted by Gasteiger charge is 2.13. The molecule has 0 aliphatic carbocycles. The van der Waals surface area contributed by atoms with Gasteiger partial charge in [-0.1, -0.05) is 23.2 Å². The van der Waals surface area contributed by atoms with E-state index in [1.165, 1.54) is 0 Å². The van der Waals surface area contributed by atoms with Crippen molar-refractivity contribution < 1.29 is 4.79 Å². The first-order valence-corrected chi connectivity index (χ1v) is 6.46. The van der Waals surface area contributed by atoms with E-state index < -0.39 is 0 Å². The van der Waals surface area contributed by atoms with Crippen molar-refractivity contribution in [3.8, 4) is 0 Å². The molecule has 2 rings (SSSR count). The summed E-state index contributed by atoms with van der Waals surface area (Å²) in [4.78, 5) is 16.1. The molecule has 0 saturated carbocycles. The first kappa shape index (κ1) is 13.2. The SMILES string of the molecule is O=C(Nc1cc(Cl)cc(Cl)c1)C1=NCCCCN1. The largest absolute Gasteiger partial charge is 0.366 e. The maximum absolute atomic E-state index is 12.0. The van der Waals surface area contributed by atoms with Gasteiger partial charge in [0.25, 0.3) is 5.91 Å². The van der Waals surface area contributed by atoms with Crippen LogP contribution in [-0.4, -0.2) is 24.8 Å². The first-order chi connectivity index (χ1) is 8.65. The summed E-state index contributed by atoms with van der Waals surface area (Å²) in [5.41, 5.74) is 0.561. The summed E-state index contributed by atoms with van der Waals surface area (Å²) in [5, 5.41) is 6.68. The molecule has 1 aromatic rings. The Morgan fingerprint density at radius 3 is 2.67 bits per heavy atom. The number of halogens is 2. The molecule has 18 heavy (non-hydrogen) atoms. The molecule has 2 N–H and O–H groups in total. The summed E-state index contributed by atoms with van der Waals surface area (Å²) in [6, 6.07) is 4.89. The molecule has 1 aliphatic heterocycles. The van der Waals surface area contributed by atoms with Crippen LogP contribution >= 0.6 is 23.2 Å². The summed E-state index contributed by atoms with van der Waals surface area (Å²) >= 11 is 11.7. The van der Waals surface area contributed by atoms with Gasteiger partial charge in [0.2, 0.25) is 0 Å². The lowest BCUT2D eigenvalue weighted by Gasteiger charge is -2.08. The van der Waals surface area contributed by atoms with Crippen LogP contribution < -0.4 is 10.6 Å². The van der Waals surface area contributed by atoms with Crippen LogP contribution in [0.4, 0.5) is 5.69 Å². The molecule has 0 unspecified atom stereocenters. The Balaban J connectivity index is 2.08. The number of aliphatic imine (C=N–C) groups is 1. The van der Waals surface area contributed by atoms with E-state index >= 15 is 0 Å². The number of amides is 1. The van der Waals surface area contributed by atoms with Crippen LogP contribution in [0.2, 0.25) is 10.0 Å². The van der Waals surface area contributed by atoms with Crippen molar-refractivity contribution in [3.05, 3.63) is 28.2 Å². The summed E-state index contributed by atoms with van der Waals surface area (Å²) in [6.07, 6.45) is 2.01. The molecule has 1 aliphatic rings. The second-order valence-corrected chi connectivity index (χ2v) is 4.85. The van der Waals surface area contributed by atoms with Gasteiger partial charge in [-0.3, -0.25) is 9.79 Å². The van der Waals surface area contributed by atoms with E-state index in [1.54, 1.807) is 18.2 Å². The topological polar surface area (TPSA) is 53.5 Å². The van der Waals surface area contributed by atoms with Crippen LogP contribution in [0, 0.1) is 0 Å². The molecule has 6 heteroatoms. The highest BCUT2D eigenvalue weighted by molar-refractivity contribution is 6.42. The quantitative estimate of drug-likeness (QED) is 0.878. The molecule has 0 bridgehead atoms. The van der Waals surface area contributed by atoms with Gasteiger partial charge in [0.15, 0.2) is 5.84 Å². The molecule has 0 fully saturated rings. The monoisotopic (exact) mass is 285 g/mol. The zero-order chi connectivity index (χ0) is 13.0. The number of benzene rings is 1. The molecular weight excluding hydrogens is 273 g/mol. The molecule has 1 amide bonds. The van der Waals surface area contributed by atoms with Crippen molar-refractivity contribution in [2.24, 2.45) is 4.99 Å². The lowest BCUT2D eigenvalue weighted by molar-refractivity contribution is -0.110. The Morgan fingerprint density at radius 1 is 1.22 bits per heavy atom. The molecule has 1 heterocycles. The fourth-order valence-electron chi connectivity index (χ4n) is 1.66. The minimum Gasteiger partial charge on any atom is -0.366 e. The predicted molar refractivity (Wildman–Crippen MR) is 74.6 cm³/mol. The Labute approximate surface area is 115 Å². The molecule has 0 saturated heterocycles. The van der Waals surface area contributed by atoms with E-state index in [-0.39, 0.29) is 5.91 Å². The number of amidine groups is 1. The number of carbonyl (C=O) groups is 1. The summed E-state index contributed by atoms with van der Waals surface area (Å²) in [7, 11) is 0. The average molecular weight is 286 g/mol. The van der Waals surface area contributed by atoms with Crippen molar-refractivity contribution in [1.29, 1.82) is 0 Å². The first-order valence-electron chi connectivity index (χ1n) is 5.71. The smallest absolute Gasteiger partial charge is 0.290 e. The third kappa shape index (κ3) is 3.62. The number of hydrogen-bond donors (Lipinski definition) is 2. The van der Waals surface area contributed by atoms with Crippen LogP contribution in [0.1, 0.15) is 12.8 Å². The fourth-order valence-corrected chi connectivity index (χ4v) is 2.18. The standard InChI is InChI=1S/C12H13Cl2N3O/c13-8-5-9(14)7-10(6-8)17-12(18)11-15-3-1-2-4-16-11/h5-7H,1-4H2,(H,15,16)(H,17,18). The molecule has 0 spiro atoms. The Morgan fingerprint density at radius 2 is 1.94 bits per heavy atom. The second kappa shape index (κ2) is 6.07. The Bertz CT molecular complexity index is 468. The minimum absolute atomic E-state index is 0.268. The van der Waals surface area contributed by atoms with Gasteiger partial charge in [-0.15, -0.1) is 0 Å². The van der Waals surface area contributed by atoms with Gasteiger partial charge in [-0.25, -0.2) is 0 Å². The van der Waals surface area contributed by atoms with Crippen LogP contribution in [0.3, 0.4) is 0 Å².